The minimum absolute atomic E-state index is 0.0506. The highest BCUT2D eigenvalue weighted by Gasteiger charge is 2.19. The summed E-state index contributed by atoms with van der Waals surface area (Å²) >= 11 is 11.6. The molecule has 0 bridgehead atoms. The Morgan fingerprint density at radius 1 is 0.680 bits per heavy atom. The van der Waals surface area contributed by atoms with Gasteiger partial charge in [0.05, 0.1) is 9.79 Å². The molecule has 0 spiro atoms. The highest BCUT2D eigenvalue weighted by Crippen LogP contribution is 2.24. The number of carbonyl (C=O) groups excluding carboxylic acids is 1. The summed E-state index contributed by atoms with van der Waals surface area (Å²) in [7, 11) is -3.73. The standard InChI is InChI=1S/C19H12Cl2O3S/c20-15-6-4-13(5-7-15)19(22)14-2-1-3-18(12-14)25(23,24)17-10-8-16(21)9-11-17/h1-12H. The van der Waals surface area contributed by atoms with Crippen LogP contribution < -0.4 is 0 Å². The lowest BCUT2D eigenvalue weighted by molar-refractivity contribution is 0.103. The molecule has 126 valence electrons. The minimum Gasteiger partial charge on any atom is -0.289 e. The first-order valence-corrected chi connectivity index (χ1v) is 9.53. The van der Waals surface area contributed by atoms with E-state index < -0.39 is 9.84 Å². The zero-order chi connectivity index (χ0) is 18.0. The molecule has 0 aliphatic rings. The summed E-state index contributed by atoms with van der Waals surface area (Å²) in [6, 6.07) is 18.3. The van der Waals surface area contributed by atoms with E-state index >= 15 is 0 Å². The van der Waals surface area contributed by atoms with E-state index in [1.54, 1.807) is 36.4 Å². The molecule has 0 fully saturated rings. The summed E-state index contributed by atoms with van der Waals surface area (Å²) in [5, 5.41) is 0.973. The zero-order valence-corrected chi connectivity index (χ0v) is 15.1. The van der Waals surface area contributed by atoms with Gasteiger partial charge in [-0.15, -0.1) is 0 Å². The van der Waals surface area contributed by atoms with Gasteiger partial charge in [0, 0.05) is 21.2 Å². The van der Waals surface area contributed by atoms with E-state index in [1.807, 2.05) is 0 Å². The largest absolute Gasteiger partial charge is 0.289 e. The van der Waals surface area contributed by atoms with Crippen molar-refractivity contribution in [3.63, 3.8) is 0 Å². The van der Waals surface area contributed by atoms with Gasteiger partial charge in [-0.05, 0) is 60.7 Å². The summed E-state index contributed by atoms with van der Waals surface area (Å²) in [6.07, 6.45) is 0. The number of rotatable bonds is 4. The van der Waals surface area contributed by atoms with Crippen LogP contribution in [0.3, 0.4) is 0 Å². The quantitative estimate of drug-likeness (QED) is 0.585. The molecule has 0 saturated heterocycles. The third kappa shape index (κ3) is 3.76. The van der Waals surface area contributed by atoms with Crippen molar-refractivity contribution >= 4 is 38.8 Å². The summed E-state index contributed by atoms with van der Waals surface area (Å²) < 4.78 is 25.5. The summed E-state index contributed by atoms with van der Waals surface area (Å²) in [5.41, 5.74) is 0.725. The fraction of sp³-hybridized carbons (Fsp3) is 0. The predicted molar refractivity (Wildman–Crippen MR) is 98.2 cm³/mol. The van der Waals surface area contributed by atoms with Crippen molar-refractivity contribution in [2.45, 2.75) is 9.79 Å². The molecule has 3 aromatic carbocycles. The number of sulfone groups is 1. The van der Waals surface area contributed by atoms with Crippen LogP contribution in [0.1, 0.15) is 15.9 Å². The molecule has 25 heavy (non-hydrogen) atoms. The first-order valence-electron chi connectivity index (χ1n) is 7.29. The molecule has 0 N–H and O–H groups in total. The summed E-state index contributed by atoms with van der Waals surface area (Å²) in [5.74, 6) is -0.273. The van der Waals surface area contributed by atoms with Crippen molar-refractivity contribution in [1.82, 2.24) is 0 Å². The molecular formula is C19H12Cl2O3S. The monoisotopic (exact) mass is 390 g/mol. The Balaban J connectivity index is 2.00. The van der Waals surface area contributed by atoms with Crippen LogP contribution in [0.25, 0.3) is 0 Å². The van der Waals surface area contributed by atoms with E-state index in [1.165, 1.54) is 36.4 Å². The Hall–Kier alpha value is -2.14. The van der Waals surface area contributed by atoms with Crippen molar-refractivity contribution in [2.24, 2.45) is 0 Å². The topological polar surface area (TPSA) is 51.2 Å². The SMILES string of the molecule is O=C(c1ccc(Cl)cc1)c1cccc(S(=O)(=O)c2ccc(Cl)cc2)c1. The number of benzene rings is 3. The molecular weight excluding hydrogens is 379 g/mol. The number of ketones is 1. The second-order valence-corrected chi connectivity index (χ2v) is 8.14. The van der Waals surface area contributed by atoms with Crippen molar-refractivity contribution in [3.05, 3.63) is 94.0 Å². The normalized spacial score (nSPS) is 11.3. The van der Waals surface area contributed by atoms with Crippen LogP contribution in [0.4, 0.5) is 0 Å². The lowest BCUT2D eigenvalue weighted by atomic mass is 10.0. The van der Waals surface area contributed by atoms with Gasteiger partial charge in [-0.25, -0.2) is 8.42 Å². The lowest BCUT2D eigenvalue weighted by Gasteiger charge is -2.07. The van der Waals surface area contributed by atoms with Crippen LogP contribution in [0.5, 0.6) is 0 Å². The van der Waals surface area contributed by atoms with Crippen molar-refractivity contribution in [3.8, 4) is 0 Å². The van der Waals surface area contributed by atoms with Gasteiger partial charge < -0.3 is 0 Å². The van der Waals surface area contributed by atoms with Crippen LogP contribution in [-0.2, 0) is 9.84 Å². The van der Waals surface area contributed by atoms with Crippen LogP contribution in [-0.4, -0.2) is 14.2 Å². The third-order valence-corrected chi connectivity index (χ3v) is 5.91. The minimum atomic E-state index is -3.73. The van der Waals surface area contributed by atoms with Gasteiger partial charge in [-0.3, -0.25) is 4.79 Å². The highest BCUT2D eigenvalue weighted by molar-refractivity contribution is 7.91. The first-order chi connectivity index (χ1) is 11.9. The van der Waals surface area contributed by atoms with Gasteiger partial charge in [0.2, 0.25) is 9.84 Å². The maximum absolute atomic E-state index is 12.7. The molecule has 3 rings (SSSR count). The first kappa shape index (κ1) is 17.7. The smallest absolute Gasteiger partial charge is 0.206 e. The molecule has 3 aromatic rings. The molecule has 6 heteroatoms. The summed E-state index contributed by atoms with van der Waals surface area (Å²) in [4.78, 5) is 12.7. The Kier molecular flexibility index (Phi) is 4.95. The van der Waals surface area contributed by atoms with Crippen LogP contribution >= 0.6 is 23.2 Å². The molecule has 0 heterocycles. The van der Waals surface area contributed by atoms with E-state index in [2.05, 4.69) is 0 Å². The van der Waals surface area contributed by atoms with E-state index in [0.29, 0.717) is 15.6 Å². The van der Waals surface area contributed by atoms with E-state index in [0.717, 1.165) is 0 Å². The van der Waals surface area contributed by atoms with Crippen molar-refractivity contribution < 1.29 is 13.2 Å². The fourth-order valence-electron chi connectivity index (χ4n) is 2.32. The molecule has 0 radical (unpaired) electrons. The number of carbonyl (C=O) groups is 1. The number of hydrogen-bond acceptors (Lipinski definition) is 3. The van der Waals surface area contributed by atoms with Gasteiger partial charge in [0.1, 0.15) is 0 Å². The third-order valence-electron chi connectivity index (χ3n) is 3.64. The molecule has 0 saturated carbocycles. The lowest BCUT2D eigenvalue weighted by Crippen LogP contribution is -2.06. The molecule has 0 atom stereocenters. The summed E-state index contributed by atoms with van der Waals surface area (Å²) in [6.45, 7) is 0. The number of halogens is 2. The molecule has 0 amide bonds. The van der Waals surface area contributed by atoms with E-state index in [-0.39, 0.29) is 21.1 Å². The van der Waals surface area contributed by atoms with Crippen LogP contribution in [0.2, 0.25) is 10.0 Å². The molecule has 0 unspecified atom stereocenters. The Morgan fingerprint density at radius 3 is 1.84 bits per heavy atom. The van der Waals surface area contributed by atoms with E-state index in [4.69, 9.17) is 23.2 Å². The van der Waals surface area contributed by atoms with Gasteiger partial charge in [0.15, 0.2) is 5.78 Å². The molecule has 0 aliphatic heterocycles. The Morgan fingerprint density at radius 2 is 1.24 bits per heavy atom. The maximum atomic E-state index is 12.7. The average molecular weight is 391 g/mol. The second kappa shape index (κ2) is 7.00. The van der Waals surface area contributed by atoms with Gasteiger partial charge in [0.25, 0.3) is 0 Å². The number of hydrogen-bond donors (Lipinski definition) is 0. The van der Waals surface area contributed by atoms with Gasteiger partial charge >= 0.3 is 0 Å². The molecule has 3 nitrogen and oxygen atoms in total. The van der Waals surface area contributed by atoms with Gasteiger partial charge in [-0.1, -0.05) is 35.3 Å². The highest BCUT2D eigenvalue weighted by atomic mass is 35.5. The second-order valence-electron chi connectivity index (χ2n) is 5.32. The van der Waals surface area contributed by atoms with Crippen LogP contribution in [0, 0.1) is 0 Å². The Bertz CT molecular complexity index is 1030. The Labute approximate surface area is 155 Å². The fourth-order valence-corrected chi connectivity index (χ4v) is 3.88. The van der Waals surface area contributed by atoms with Crippen molar-refractivity contribution in [1.29, 1.82) is 0 Å². The van der Waals surface area contributed by atoms with Crippen molar-refractivity contribution in [2.75, 3.05) is 0 Å². The predicted octanol–water partition coefficient (Wildman–Crippen LogP) is 5.06. The zero-order valence-electron chi connectivity index (χ0n) is 12.8. The van der Waals surface area contributed by atoms with E-state index in [9.17, 15) is 13.2 Å². The maximum Gasteiger partial charge on any atom is 0.206 e. The average Bonchev–Trinajstić information content (AvgIpc) is 2.62. The van der Waals surface area contributed by atoms with Crippen LogP contribution in [0.15, 0.2) is 82.6 Å². The molecule has 0 aliphatic carbocycles. The molecule has 0 aromatic heterocycles. The van der Waals surface area contributed by atoms with Gasteiger partial charge in [-0.2, -0.15) is 0 Å².